The highest BCUT2D eigenvalue weighted by Gasteiger charge is 2.20. The van der Waals surface area contributed by atoms with Crippen LogP contribution in [0.5, 0.6) is 0 Å². The van der Waals surface area contributed by atoms with Gasteiger partial charge < -0.3 is 10.6 Å². The van der Waals surface area contributed by atoms with Gasteiger partial charge in [-0.2, -0.15) is 0 Å². The molecule has 0 aliphatic heterocycles. The fourth-order valence-corrected chi connectivity index (χ4v) is 1.26. The molecule has 13 heavy (non-hydrogen) atoms. The van der Waals surface area contributed by atoms with Crippen LogP contribution in [0.3, 0.4) is 0 Å². The van der Waals surface area contributed by atoms with Gasteiger partial charge in [0.1, 0.15) is 0 Å². The first-order valence-corrected chi connectivity index (χ1v) is 4.75. The molecular weight excluding hydrogens is 162 g/mol. The van der Waals surface area contributed by atoms with E-state index in [2.05, 4.69) is 21.7 Å². The average Bonchev–Trinajstić information content (AvgIpc) is 2.99. The minimum atomic E-state index is 0.901. The Morgan fingerprint density at radius 1 is 1.38 bits per heavy atom. The number of nitrogens with zero attached hydrogens (tertiary/aromatic N) is 1. The summed E-state index contributed by atoms with van der Waals surface area (Å²) in [7, 11) is 1.90. The van der Waals surface area contributed by atoms with Crippen LogP contribution in [0.2, 0.25) is 0 Å². The molecule has 0 aromatic carbocycles. The van der Waals surface area contributed by atoms with Crippen molar-refractivity contribution in [3.8, 4) is 0 Å². The smallest absolute Gasteiger partial charge is 0.0547 e. The first-order valence-electron chi connectivity index (χ1n) is 4.75. The Balaban J connectivity index is 1.93. The summed E-state index contributed by atoms with van der Waals surface area (Å²) in [6.45, 7) is 1.09. The van der Waals surface area contributed by atoms with Crippen LogP contribution in [-0.4, -0.2) is 18.6 Å². The second-order valence-corrected chi connectivity index (χ2v) is 3.54. The molecule has 2 N–H and O–H groups in total. The van der Waals surface area contributed by atoms with Crippen molar-refractivity contribution in [3.05, 3.63) is 18.5 Å². The molecule has 0 amide bonds. The third kappa shape index (κ3) is 2.34. The fraction of sp³-hybridized carbons (Fsp3) is 0.500. The summed E-state index contributed by atoms with van der Waals surface area (Å²) in [6.07, 6.45) is 6.45. The lowest BCUT2D eigenvalue weighted by Crippen LogP contribution is -2.03. The molecule has 1 aromatic heterocycles. The van der Waals surface area contributed by atoms with Crippen molar-refractivity contribution < 1.29 is 0 Å². The van der Waals surface area contributed by atoms with Crippen LogP contribution in [0.4, 0.5) is 11.4 Å². The van der Waals surface area contributed by atoms with Crippen molar-refractivity contribution in [1.82, 2.24) is 4.98 Å². The van der Waals surface area contributed by atoms with Crippen molar-refractivity contribution in [1.29, 1.82) is 0 Å². The first-order chi connectivity index (χ1) is 6.38. The van der Waals surface area contributed by atoms with Crippen LogP contribution >= 0.6 is 0 Å². The molecule has 0 spiro atoms. The zero-order valence-electron chi connectivity index (χ0n) is 7.88. The Morgan fingerprint density at radius 3 is 2.85 bits per heavy atom. The minimum Gasteiger partial charge on any atom is -0.387 e. The number of aromatic nitrogens is 1. The molecule has 1 saturated carbocycles. The molecule has 70 valence electrons. The van der Waals surface area contributed by atoms with Gasteiger partial charge in [-0.3, -0.25) is 4.98 Å². The standard InChI is InChI=1S/C10H15N3/c1-11-9-4-10(7-12-6-9)13-5-8-2-3-8/h4,6-8,11,13H,2-3,5H2,1H3. The summed E-state index contributed by atoms with van der Waals surface area (Å²) in [5.41, 5.74) is 2.17. The highest BCUT2D eigenvalue weighted by atomic mass is 14.9. The summed E-state index contributed by atoms with van der Waals surface area (Å²) >= 11 is 0. The van der Waals surface area contributed by atoms with Gasteiger partial charge >= 0.3 is 0 Å². The normalized spacial score (nSPS) is 15.5. The average molecular weight is 177 g/mol. The summed E-state index contributed by atoms with van der Waals surface area (Å²) in [6, 6.07) is 2.08. The van der Waals surface area contributed by atoms with E-state index in [0.717, 1.165) is 23.8 Å². The van der Waals surface area contributed by atoms with Crippen LogP contribution in [0, 0.1) is 5.92 Å². The van der Waals surface area contributed by atoms with Crippen molar-refractivity contribution in [3.63, 3.8) is 0 Å². The zero-order valence-corrected chi connectivity index (χ0v) is 7.88. The molecule has 1 aromatic rings. The predicted molar refractivity (Wildman–Crippen MR) is 55.0 cm³/mol. The van der Waals surface area contributed by atoms with E-state index in [-0.39, 0.29) is 0 Å². The Labute approximate surface area is 78.6 Å². The predicted octanol–water partition coefficient (Wildman–Crippen LogP) is 1.95. The lowest BCUT2D eigenvalue weighted by molar-refractivity contribution is 0.888. The summed E-state index contributed by atoms with van der Waals surface area (Å²) < 4.78 is 0. The maximum absolute atomic E-state index is 4.13. The summed E-state index contributed by atoms with van der Waals surface area (Å²) in [5, 5.41) is 6.45. The van der Waals surface area contributed by atoms with Gasteiger partial charge in [-0.15, -0.1) is 0 Å². The molecule has 2 rings (SSSR count). The van der Waals surface area contributed by atoms with Crippen LogP contribution in [0.15, 0.2) is 18.5 Å². The number of hydrogen-bond acceptors (Lipinski definition) is 3. The fourth-order valence-electron chi connectivity index (χ4n) is 1.26. The third-order valence-electron chi connectivity index (χ3n) is 2.32. The van der Waals surface area contributed by atoms with E-state index < -0.39 is 0 Å². The Bertz CT molecular complexity index is 281. The van der Waals surface area contributed by atoms with E-state index in [1.54, 1.807) is 0 Å². The molecule has 1 aliphatic carbocycles. The van der Waals surface area contributed by atoms with Crippen molar-refractivity contribution >= 4 is 11.4 Å². The van der Waals surface area contributed by atoms with Crippen LogP contribution < -0.4 is 10.6 Å². The van der Waals surface area contributed by atoms with E-state index in [1.165, 1.54) is 12.8 Å². The zero-order chi connectivity index (χ0) is 9.10. The largest absolute Gasteiger partial charge is 0.387 e. The quantitative estimate of drug-likeness (QED) is 0.738. The topological polar surface area (TPSA) is 37.0 Å². The molecule has 0 bridgehead atoms. The number of pyridine rings is 1. The van der Waals surface area contributed by atoms with Gasteiger partial charge in [-0.05, 0) is 24.8 Å². The maximum Gasteiger partial charge on any atom is 0.0547 e. The van der Waals surface area contributed by atoms with Crippen molar-refractivity contribution in [2.75, 3.05) is 24.2 Å². The van der Waals surface area contributed by atoms with Gasteiger partial charge in [-0.1, -0.05) is 0 Å². The molecule has 0 saturated heterocycles. The summed E-state index contributed by atoms with van der Waals surface area (Å²) in [5.74, 6) is 0.901. The van der Waals surface area contributed by atoms with E-state index in [9.17, 15) is 0 Å². The molecule has 0 unspecified atom stereocenters. The lowest BCUT2D eigenvalue weighted by atomic mass is 10.3. The van der Waals surface area contributed by atoms with Crippen LogP contribution in [-0.2, 0) is 0 Å². The minimum absolute atomic E-state index is 0.901. The van der Waals surface area contributed by atoms with Crippen LogP contribution in [0.25, 0.3) is 0 Å². The van der Waals surface area contributed by atoms with Gasteiger partial charge in [0, 0.05) is 13.6 Å². The molecule has 0 radical (unpaired) electrons. The molecule has 1 aliphatic rings. The number of rotatable bonds is 4. The molecular formula is C10H15N3. The highest BCUT2D eigenvalue weighted by molar-refractivity contribution is 5.53. The molecule has 3 nitrogen and oxygen atoms in total. The van der Waals surface area contributed by atoms with Gasteiger partial charge in [0.2, 0.25) is 0 Å². The Kier molecular flexibility index (Phi) is 2.34. The van der Waals surface area contributed by atoms with E-state index in [4.69, 9.17) is 0 Å². The van der Waals surface area contributed by atoms with Gasteiger partial charge in [0.15, 0.2) is 0 Å². The second-order valence-electron chi connectivity index (χ2n) is 3.54. The van der Waals surface area contributed by atoms with Gasteiger partial charge in [0.05, 0.1) is 23.8 Å². The number of hydrogen-bond donors (Lipinski definition) is 2. The SMILES string of the molecule is CNc1cncc(NCC2CC2)c1. The maximum atomic E-state index is 4.13. The van der Waals surface area contributed by atoms with Gasteiger partial charge in [0.25, 0.3) is 0 Å². The Morgan fingerprint density at radius 2 is 2.15 bits per heavy atom. The van der Waals surface area contributed by atoms with E-state index >= 15 is 0 Å². The monoisotopic (exact) mass is 177 g/mol. The second kappa shape index (κ2) is 3.64. The van der Waals surface area contributed by atoms with Crippen molar-refractivity contribution in [2.24, 2.45) is 5.92 Å². The third-order valence-corrected chi connectivity index (χ3v) is 2.32. The Hall–Kier alpha value is -1.25. The lowest BCUT2D eigenvalue weighted by Gasteiger charge is -2.06. The number of anilines is 2. The van der Waals surface area contributed by atoms with Crippen molar-refractivity contribution in [2.45, 2.75) is 12.8 Å². The molecule has 1 heterocycles. The first kappa shape index (κ1) is 8.35. The van der Waals surface area contributed by atoms with E-state index in [1.807, 2.05) is 19.4 Å². The molecule has 3 heteroatoms. The number of nitrogens with one attached hydrogen (secondary N) is 2. The van der Waals surface area contributed by atoms with E-state index in [0.29, 0.717) is 0 Å². The molecule has 0 atom stereocenters. The van der Waals surface area contributed by atoms with Crippen LogP contribution in [0.1, 0.15) is 12.8 Å². The molecule has 1 fully saturated rings. The highest BCUT2D eigenvalue weighted by Crippen LogP contribution is 2.28. The van der Waals surface area contributed by atoms with Gasteiger partial charge in [-0.25, -0.2) is 0 Å². The summed E-state index contributed by atoms with van der Waals surface area (Å²) in [4.78, 5) is 4.13.